The molecule has 1 aromatic heterocycles. The second kappa shape index (κ2) is 9.78. The predicted molar refractivity (Wildman–Crippen MR) is 123 cm³/mol. The van der Waals surface area contributed by atoms with Crippen molar-refractivity contribution in [2.24, 2.45) is 0 Å². The third-order valence-electron chi connectivity index (χ3n) is 4.82. The monoisotopic (exact) mass is 452 g/mol. The number of carbonyl (C=O) groups is 1. The number of allylic oxidation sites excluding steroid dienone is 1. The molecule has 0 radical (unpaired) electrons. The summed E-state index contributed by atoms with van der Waals surface area (Å²) >= 11 is 1.29. The lowest BCUT2D eigenvalue weighted by Gasteiger charge is -2.26. The fourth-order valence-corrected chi connectivity index (χ4v) is 4.08. The summed E-state index contributed by atoms with van der Waals surface area (Å²) in [5, 5.41) is 12.1. The Morgan fingerprint density at radius 1 is 1.31 bits per heavy atom. The van der Waals surface area contributed by atoms with E-state index in [2.05, 4.69) is 22.1 Å². The van der Waals surface area contributed by atoms with E-state index in [-0.39, 0.29) is 11.7 Å². The number of carbonyl (C=O) groups excluding carboxylic acids is 1. The molecular formula is C23H24N4O4S. The Bertz CT molecular complexity index is 1130. The SMILES string of the molecule is C=CCn1c(SCC(=O)Nc2cc(C)ccc2OC)nnc1C1COc2ccccc2O1. The summed E-state index contributed by atoms with van der Waals surface area (Å²) in [6.45, 7) is 6.59. The summed E-state index contributed by atoms with van der Waals surface area (Å²) in [7, 11) is 1.57. The molecule has 32 heavy (non-hydrogen) atoms. The van der Waals surface area contributed by atoms with Gasteiger partial charge in [0.25, 0.3) is 0 Å². The van der Waals surface area contributed by atoms with Gasteiger partial charge in [0.05, 0.1) is 18.6 Å². The van der Waals surface area contributed by atoms with Gasteiger partial charge in [-0.3, -0.25) is 9.36 Å². The number of ether oxygens (including phenoxy) is 3. The zero-order chi connectivity index (χ0) is 22.5. The molecule has 1 amide bonds. The Labute approximate surface area is 190 Å². The number of aromatic nitrogens is 3. The van der Waals surface area contributed by atoms with Crippen LogP contribution in [0.1, 0.15) is 17.5 Å². The molecule has 1 atom stereocenters. The average Bonchev–Trinajstić information content (AvgIpc) is 3.20. The van der Waals surface area contributed by atoms with Gasteiger partial charge >= 0.3 is 0 Å². The molecule has 1 N–H and O–H groups in total. The number of rotatable bonds is 8. The van der Waals surface area contributed by atoms with E-state index in [1.54, 1.807) is 13.2 Å². The third-order valence-corrected chi connectivity index (χ3v) is 5.78. The molecule has 3 aromatic rings. The molecule has 8 nitrogen and oxygen atoms in total. The summed E-state index contributed by atoms with van der Waals surface area (Å²) in [6.07, 6.45) is 1.35. The highest BCUT2D eigenvalue weighted by atomic mass is 32.2. The van der Waals surface area contributed by atoms with Gasteiger partial charge in [0, 0.05) is 6.54 Å². The molecule has 0 spiro atoms. The van der Waals surface area contributed by atoms with E-state index in [1.807, 2.05) is 54.0 Å². The van der Waals surface area contributed by atoms with Gasteiger partial charge in [-0.15, -0.1) is 16.8 Å². The number of methoxy groups -OCH3 is 1. The van der Waals surface area contributed by atoms with Crippen molar-refractivity contribution in [3.05, 3.63) is 66.5 Å². The molecule has 2 aromatic carbocycles. The topological polar surface area (TPSA) is 87.5 Å². The maximum Gasteiger partial charge on any atom is 0.234 e. The molecule has 166 valence electrons. The minimum atomic E-state index is -0.405. The number of nitrogens with one attached hydrogen (secondary N) is 1. The minimum Gasteiger partial charge on any atom is -0.495 e. The average molecular weight is 453 g/mol. The Balaban J connectivity index is 1.46. The molecule has 1 aliphatic rings. The molecule has 0 bridgehead atoms. The first-order valence-electron chi connectivity index (χ1n) is 10.1. The largest absolute Gasteiger partial charge is 0.495 e. The van der Waals surface area contributed by atoms with Gasteiger partial charge in [-0.1, -0.05) is 36.0 Å². The number of fused-ring (bicyclic) bond motifs is 1. The fraction of sp³-hybridized carbons (Fsp3) is 0.261. The summed E-state index contributed by atoms with van der Waals surface area (Å²) in [6, 6.07) is 13.1. The standard InChI is InChI=1S/C23H24N4O4S/c1-4-11-27-22(20-13-30-18-7-5-6-8-19(18)31-20)25-26-23(27)32-14-21(28)24-16-12-15(2)9-10-17(16)29-3/h4-10,12,20H,1,11,13-14H2,2-3H3,(H,24,28). The Hall–Kier alpha value is -3.46. The quantitative estimate of drug-likeness (QED) is 0.408. The summed E-state index contributed by atoms with van der Waals surface area (Å²) in [5.41, 5.74) is 1.66. The van der Waals surface area contributed by atoms with Crippen molar-refractivity contribution in [3.63, 3.8) is 0 Å². The number of aryl methyl sites for hydroxylation is 1. The lowest BCUT2D eigenvalue weighted by molar-refractivity contribution is -0.113. The summed E-state index contributed by atoms with van der Waals surface area (Å²) in [4.78, 5) is 12.6. The molecule has 0 aliphatic carbocycles. The predicted octanol–water partition coefficient (Wildman–Crippen LogP) is 4.02. The molecular weight excluding hydrogens is 428 g/mol. The normalized spacial score (nSPS) is 14.6. The van der Waals surface area contributed by atoms with Gasteiger partial charge in [-0.2, -0.15) is 0 Å². The van der Waals surface area contributed by atoms with Crippen molar-refractivity contribution in [2.45, 2.75) is 24.7 Å². The lowest BCUT2D eigenvalue weighted by atomic mass is 10.2. The van der Waals surface area contributed by atoms with Crippen LogP contribution in [0.2, 0.25) is 0 Å². The minimum absolute atomic E-state index is 0.164. The zero-order valence-electron chi connectivity index (χ0n) is 17.9. The van der Waals surface area contributed by atoms with Crippen LogP contribution in [0.3, 0.4) is 0 Å². The van der Waals surface area contributed by atoms with Crippen LogP contribution >= 0.6 is 11.8 Å². The number of benzene rings is 2. The van der Waals surface area contributed by atoms with Gasteiger partial charge < -0.3 is 19.5 Å². The van der Waals surface area contributed by atoms with Crippen molar-refractivity contribution < 1.29 is 19.0 Å². The first-order valence-corrected chi connectivity index (χ1v) is 11.1. The van der Waals surface area contributed by atoms with Crippen LogP contribution in [0, 0.1) is 6.92 Å². The lowest BCUT2D eigenvalue weighted by Crippen LogP contribution is -2.25. The van der Waals surface area contributed by atoms with Gasteiger partial charge in [-0.05, 0) is 36.8 Å². The van der Waals surface area contributed by atoms with Crippen molar-refractivity contribution in [2.75, 3.05) is 24.8 Å². The number of para-hydroxylation sites is 2. The van der Waals surface area contributed by atoms with E-state index in [0.29, 0.717) is 47.1 Å². The number of thioether (sulfide) groups is 1. The van der Waals surface area contributed by atoms with Crippen molar-refractivity contribution in [1.82, 2.24) is 14.8 Å². The third kappa shape index (κ3) is 4.72. The highest BCUT2D eigenvalue weighted by Gasteiger charge is 2.28. The van der Waals surface area contributed by atoms with Crippen LogP contribution in [0.5, 0.6) is 17.2 Å². The molecule has 9 heteroatoms. The van der Waals surface area contributed by atoms with E-state index in [4.69, 9.17) is 14.2 Å². The van der Waals surface area contributed by atoms with Gasteiger partial charge in [0.15, 0.2) is 28.6 Å². The maximum absolute atomic E-state index is 12.6. The number of anilines is 1. The van der Waals surface area contributed by atoms with Crippen LogP contribution in [-0.4, -0.2) is 40.1 Å². The zero-order valence-corrected chi connectivity index (χ0v) is 18.7. The van der Waals surface area contributed by atoms with E-state index >= 15 is 0 Å². The molecule has 4 rings (SSSR count). The molecule has 1 aliphatic heterocycles. The van der Waals surface area contributed by atoms with Gasteiger partial charge in [0.2, 0.25) is 5.91 Å². The molecule has 0 fully saturated rings. The van der Waals surface area contributed by atoms with Crippen molar-refractivity contribution in [3.8, 4) is 17.2 Å². The van der Waals surface area contributed by atoms with Crippen LogP contribution in [0.4, 0.5) is 5.69 Å². The smallest absolute Gasteiger partial charge is 0.234 e. The van der Waals surface area contributed by atoms with Crippen LogP contribution in [0.25, 0.3) is 0 Å². The Kier molecular flexibility index (Phi) is 6.65. The Morgan fingerprint density at radius 3 is 2.91 bits per heavy atom. The number of hydrogen-bond acceptors (Lipinski definition) is 7. The first-order chi connectivity index (χ1) is 15.6. The molecule has 1 unspecified atom stereocenters. The van der Waals surface area contributed by atoms with E-state index in [9.17, 15) is 4.79 Å². The van der Waals surface area contributed by atoms with Crippen LogP contribution < -0.4 is 19.5 Å². The second-order valence-electron chi connectivity index (χ2n) is 7.14. The molecule has 2 heterocycles. The van der Waals surface area contributed by atoms with E-state index < -0.39 is 6.10 Å². The summed E-state index contributed by atoms with van der Waals surface area (Å²) < 4.78 is 19.1. The van der Waals surface area contributed by atoms with Crippen molar-refractivity contribution >= 4 is 23.4 Å². The van der Waals surface area contributed by atoms with Gasteiger partial charge in [0.1, 0.15) is 12.4 Å². The van der Waals surface area contributed by atoms with E-state index in [1.165, 1.54) is 11.8 Å². The van der Waals surface area contributed by atoms with Crippen LogP contribution in [-0.2, 0) is 11.3 Å². The Morgan fingerprint density at radius 2 is 2.12 bits per heavy atom. The second-order valence-corrected chi connectivity index (χ2v) is 8.09. The highest BCUT2D eigenvalue weighted by Crippen LogP contribution is 2.36. The van der Waals surface area contributed by atoms with Gasteiger partial charge in [-0.25, -0.2) is 0 Å². The highest BCUT2D eigenvalue weighted by molar-refractivity contribution is 7.99. The maximum atomic E-state index is 12.6. The molecule has 0 saturated carbocycles. The summed E-state index contributed by atoms with van der Waals surface area (Å²) in [5.74, 6) is 2.61. The first kappa shape index (κ1) is 21.8. The number of hydrogen-bond donors (Lipinski definition) is 1. The number of amides is 1. The van der Waals surface area contributed by atoms with Crippen LogP contribution in [0.15, 0.2) is 60.3 Å². The fourth-order valence-electron chi connectivity index (χ4n) is 3.33. The van der Waals surface area contributed by atoms with Crippen molar-refractivity contribution in [1.29, 1.82) is 0 Å². The van der Waals surface area contributed by atoms with E-state index in [0.717, 1.165) is 5.56 Å². The number of nitrogens with zero attached hydrogens (tertiary/aromatic N) is 3. The molecule has 0 saturated heterocycles.